The molecule has 0 fully saturated rings. The molecule has 0 saturated carbocycles. The van der Waals surface area contributed by atoms with E-state index in [0.29, 0.717) is 5.56 Å². The lowest BCUT2D eigenvalue weighted by Gasteiger charge is -2.01. The molecule has 0 aliphatic heterocycles. The van der Waals surface area contributed by atoms with E-state index < -0.39 is 0 Å². The number of hydrogen-bond donors (Lipinski definition) is 0. The predicted octanol–water partition coefficient (Wildman–Crippen LogP) is 3.05. The van der Waals surface area contributed by atoms with Crippen LogP contribution in [0.15, 0.2) is 48.2 Å². The van der Waals surface area contributed by atoms with Gasteiger partial charge in [0.05, 0.1) is 11.3 Å². The summed E-state index contributed by atoms with van der Waals surface area (Å²) in [6, 6.07) is 16.5. The summed E-state index contributed by atoms with van der Waals surface area (Å²) < 4.78 is 0. The van der Waals surface area contributed by atoms with E-state index in [0.717, 1.165) is 16.8 Å². The standard InChI is InChI=1S/C16H8N4/c17-8-13-3-6-16(20-11-13)15-4-1-12(2-5-15)7-14(9-18)10-19/h1-7,11H. The molecule has 1 aromatic heterocycles. The summed E-state index contributed by atoms with van der Waals surface area (Å²) in [6.45, 7) is 0. The summed E-state index contributed by atoms with van der Waals surface area (Å²) >= 11 is 0. The van der Waals surface area contributed by atoms with Crippen LogP contribution in [0.3, 0.4) is 0 Å². The molecule has 0 radical (unpaired) electrons. The van der Waals surface area contributed by atoms with Crippen LogP contribution >= 0.6 is 0 Å². The van der Waals surface area contributed by atoms with Gasteiger partial charge in [0.15, 0.2) is 0 Å². The normalized spacial score (nSPS) is 8.85. The maximum absolute atomic E-state index is 8.72. The molecule has 4 nitrogen and oxygen atoms in total. The summed E-state index contributed by atoms with van der Waals surface area (Å²) in [6.07, 6.45) is 3.04. The first-order valence-corrected chi connectivity index (χ1v) is 5.75. The van der Waals surface area contributed by atoms with Crippen molar-refractivity contribution in [2.24, 2.45) is 0 Å². The third-order valence-electron chi connectivity index (χ3n) is 2.65. The number of hydrogen-bond acceptors (Lipinski definition) is 4. The van der Waals surface area contributed by atoms with Gasteiger partial charge in [0.25, 0.3) is 0 Å². The van der Waals surface area contributed by atoms with Gasteiger partial charge in [-0.25, -0.2) is 0 Å². The molecule has 0 spiro atoms. The third-order valence-corrected chi connectivity index (χ3v) is 2.65. The monoisotopic (exact) mass is 256 g/mol. The van der Waals surface area contributed by atoms with Gasteiger partial charge in [-0.1, -0.05) is 24.3 Å². The van der Waals surface area contributed by atoms with E-state index in [9.17, 15) is 0 Å². The minimum atomic E-state index is 0.0641. The minimum Gasteiger partial charge on any atom is -0.255 e. The van der Waals surface area contributed by atoms with Crippen molar-refractivity contribution in [1.82, 2.24) is 4.98 Å². The second kappa shape index (κ2) is 5.96. The van der Waals surface area contributed by atoms with Gasteiger partial charge < -0.3 is 0 Å². The maximum atomic E-state index is 8.72. The van der Waals surface area contributed by atoms with Gasteiger partial charge in [-0.05, 0) is 23.8 Å². The van der Waals surface area contributed by atoms with Gasteiger partial charge in [0, 0.05) is 11.8 Å². The lowest BCUT2D eigenvalue weighted by molar-refractivity contribution is 1.30. The largest absolute Gasteiger partial charge is 0.255 e. The first-order valence-electron chi connectivity index (χ1n) is 5.75. The molecular weight excluding hydrogens is 248 g/mol. The highest BCUT2D eigenvalue weighted by Gasteiger charge is 2.00. The molecule has 0 bridgehead atoms. The maximum Gasteiger partial charge on any atom is 0.130 e. The van der Waals surface area contributed by atoms with Crippen LogP contribution in [0.25, 0.3) is 17.3 Å². The number of nitrogens with zero attached hydrogens (tertiary/aromatic N) is 4. The summed E-state index contributed by atoms with van der Waals surface area (Å²) in [5.74, 6) is 0. The van der Waals surface area contributed by atoms with E-state index in [2.05, 4.69) is 4.98 Å². The zero-order chi connectivity index (χ0) is 14.4. The molecule has 4 heteroatoms. The Morgan fingerprint density at radius 3 is 2.15 bits per heavy atom. The van der Waals surface area contributed by atoms with Crippen molar-refractivity contribution in [3.63, 3.8) is 0 Å². The van der Waals surface area contributed by atoms with Crippen LogP contribution in [0.1, 0.15) is 11.1 Å². The molecule has 0 amide bonds. The first-order chi connectivity index (χ1) is 9.76. The van der Waals surface area contributed by atoms with E-state index in [1.807, 2.05) is 42.5 Å². The fraction of sp³-hybridized carbons (Fsp3) is 0. The Morgan fingerprint density at radius 1 is 0.950 bits per heavy atom. The highest BCUT2D eigenvalue weighted by molar-refractivity contribution is 5.66. The number of allylic oxidation sites excluding steroid dienone is 1. The van der Waals surface area contributed by atoms with E-state index in [1.165, 1.54) is 12.3 Å². The molecule has 2 rings (SSSR count). The molecule has 92 valence electrons. The second-order valence-electron chi connectivity index (χ2n) is 3.95. The topological polar surface area (TPSA) is 84.3 Å². The molecule has 0 atom stereocenters. The van der Waals surface area contributed by atoms with Gasteiger partial charge in [0.2, 0.25) is 0 Å². The average Bonchev–Trinajstić information content (AvgIpc) is 2.53. The Kier molecular flexibility index (Phi) is 3.88. The molecule has 0 unspecified atom stereocenters. The van der Waals surface area contributed by atoms with E-state index in [-0.39, 0.29) is 5.57 Å². The Bertz CT molecular complexity index is 748. The molecule has 2 aromatic rings. The minimum absolute atomic E-state index is 0.0641. The first kappa shape index (κ1) is 13.0. The number of pyridine rings is 1. The smallest absolute Gasteiger partial charge is 0.130 e. The zero-order valence-electron chi connectivity index (χ0n) is 10.4. The summed E-state index contributed by atoms with van der Waals surface area (Å²) in [4.78, 5) is 4.20. The fourth-order valence-electron chi connectivity index (χ4n) is 1.64. The summed E-state index contributed by atoms with van der Waals surface area (Å²) in [5.41, 5.74) is 3.03. The van der Waals surface area contributed by atoms with Crippen LogP contribution in [0.2, 0.25) is 0 Å². The Morgan fingerprint density at radius 2 is 1.65 bits per heavy atom. The summed E-state index contributed by atoms with van der Waals surface area (Å²) in [5, 5.41) is 26.1. The molecule has 0 N–H and O–H groups in total. The quantitative estimate of drug-likeness (QED) is 0.773. The van der Waals surface area contributed by atoms with E-state index in [4.69, 9.17) is 15.8 Å². The van der Waals surface area contributed by atoms with Gasteiger partial charge in [-0.15, -0.1) is 0 Å². The van der Waals surface area contributed by atoms with Gasteiger partial charge in [0.1, 0.15) is 23.8 Å². The van der Waals surface area contributed by atoms with Gasteiger partial charge in [-0.3, -0.25) is 4.98 Å². The zero-order valence-corrected chi connectivity index (χ0v) is 10.4. The van der Waals surface area contributed by atoms with Crippen molar-refractivity contribution in [1.29, 1.82) is 15.8 Å². The van der Waals surface area contributed by atoms with Gasteiger partial charge >= 0.3 is 0 Å². The molecule has 0 aliphatic rings. The van der Waals surface area contributed by atoms with Crippen molar-refractivity contribution in [2.75, 3.05) is 0 Å². The molecule has 1 heterocycles. The third kappa shape index (κ3) is 2.88. The Labute approximate surface area is 116 Å². The molecule has 1 aromatic carbocycles. The Hall–Kier alpha value is -3.42. The summed E-state index contributed by atoms with van der Waals surface area (Å²) in [7, 11) is 0. The van der Waals surface area contributed by atoms with Crippen LogP contribution in [-0.2, 0) is 0 Å². The van der Waals surface area contributed by atoms with E-state index in [1.54, 1.807) is 12.1 Å². The van der Waals surface area contributed by atoms with Crippen molar-refractivity contribution in [2.45, 2.75) is 0 Å². The van der Waals surface area contributed by atoms with Crippen molar-refractivity contribution in [3.05, 3.63) is 59.3 Å². The van der Waals surface area contributed by atoms with Crippen LogP contribution in [-0.4, -0.2) is 4.98 Å². The van der Waals surface area contributed by atoms with Crippen molar-refractivity contribution < 1.29 is 0 Å². The number of nitriles is 3. The van der Waals surface area contributed by atoms with E-state index >= 15 is 0 Å². The van der Waals surface area contributed by atoms with Crippen LogP contribution < -0.4 is 0 Å². The molecule has 0 aliphatic carbocycles. The molecule has 0 saturated heterocycles. The fourth-order valence-corrected chi connectivity index (χ4v) is 1.64. The lowest BCUT2D eigenvalue weighted by Crippen LogP contribution is -1.85. The van der Waals surface area contributed by atoms with Crippen molar-refractivity contribution >= 4 is 6.08 Å². The number of benzene rings is 1. The van der Waals surface area contributed by atoms with Gasteiger partial charge in [-0.2, -0.15) is 15.8 Å². The highest BCUT2D eigenvalue weighted by Crippen LogP contribution is 2.18. The predicted molar refractivity (Wildman–Crippen MR) is 73.6 cm³/mol. The SMILES string of the molecule is N#CC(C#N)=Cc1ccc(-c2ccc(C#N)cn2)cc1. The van der Waals surface area contributed by atoms with Crippen LogP contribution in [0.4, 0.5) is 0 Å². The number of rotatable bonds is 2. The second-order valence-corrected chi connectivity index (χ2v) is 3.95. The molecular formula is C16H8N4. The Balaban J connectivity index is 2.29. The molecule has 20 heavy (non-hydrogen) atoms. The average molecular weight is 256 g/mol. The van der Waals surface area contributed by atoms with Crippen LogP contribution in [0.5, 0.6) is 0 Å². The lowest BCUT2D eigenvalue weighted by atomic mass is 10.1. The van der Waals surface area contributed by atoms with Crippen molar-refractivity contribution in [3.8, 4) is 29.5 Å². The number of aromatic nitrogens is 1. The van der Waals surface area contributed by atoms with Crippen LogP contribution in [0, 0.1) is 34.0 Å². The highest BCUT2D eigenvalue weighted by atomic mass is 14.7.